The largest absolute Gasteiger partial charge is 0.508 e. The van der Waals surface area contributed by atoms with Gasteiger partial charge >= 0.3 is 0 Å². The monoisotopic (exact) mass is 190 g/mol. The summed E-state index contributed by atoms with van der Waals surface area (Å²) < 4.78 is 0. The lowest BCUT2D eigenvalue weighted by atomic mass is 9.99. The molecule has 2 nitrogen and oxygen atoms in total. The van der Waals surface area contributed by atoms with Crippen molar-refractivity contribution in [1.82, 2.24) is 0 Å². The number of aromatic hydroxyl groups is 1. The first-order valence-corrected chi connectivity index (χ1v) is 5.09. The van der Waals surface area contributed by atoms with Crippen LogP contribution in [0.15, 0.2) is 12.1 Å². The van der Waals surface area contributed by atoms with Gasteiger partial charge in [-0.3, -0.25) is 0 Å². The molecule has 0 bridgehead atoms. The smallest absolute Gasteiger partial charge is 0.120 e. The number of phenolic OH excluding ortho intramolecular Hbond substituents is 1. The Morgan fingerprint density at radius 2 is 2.21 bits per heavy atom. The molecule has 0 saturated carbocycles. The van der Waals surface area contributed by atoms with Crippen molar-refractivity contribution < 1.29 is 9.90 Å². The van der Waals surface area contributed by atoms with Gasteiger partial charge in [0.1, 0.15) is 12.0 Å². The normalized spacial score (nSPS) is 14.0. The standard InChI is InChI=1S/C12H14O2/c13-8-2-5-11-10-4-1-3-9(10)6-7-12(11)14/h6-8,14H,1-5H2. The highest BCUT2D eigenvalue weighted by molar-refractivity contribution is 5.53. The van der Waals surface area contributed by atoms with Crippen LogP contribution in [0.25, 0.3) is 0 Å². The second-order valence-corrected chi connectivity index (χ2v) is 3.76. The van der Waals surface area contributed by atoms with Crippen LogP contribution in [-0.2, 0) is 24.1 Å². The zero-order chi connectivity index (χ0) is 9.97. The highest BCUT2D eigenvalue weighted by atomic mass is 16.3. The molecule has 1 aliphatic rings. The van der Waals surface area contributed by atoms with Crippen molar-refractivity contribution in [2.45, 2.75) is 32.1 Å². The van der Waals surface area contributed by atoms with Crippen LogP contribution >= 0.6 is 0 Å². The Kier molecular flexibility index (Phi) is 2.53. The van der Waals surface area contributed by atoms with Crippen LogP contribution < -0.4 is 0 Å². The number of aldehydes is 1. The van der Waals surface area contributed by atoms with Crippen molar-refractivity contribution in [1.29, 1.82) is 0 Å². The minimum Gasteiger partial charge on any atom is -0.508 e. The molecule has 2 rings (SSSR count). The van der Waals surface area contributed by atoms with Gasteiger partial charge in [-0.05, 0) is 48.4 Å². The maximum Gasteiger partial charge on any atom is 0.120 e. The molecule has 0 unspecified atom stereocenters. The lowest BCUT2D eigenvalue weighted by Crippen LogP contribution is -1.95. The Morgan fingerprint density at radius 3 is 3.00 bits per heavy atom. The number of fused-ring (bicyclic) bond motifs is 1. The summed E-state index contributed by atoms with van der Waals surface area (Å²) in [6, 6.07) is 3.76. The van der Waals surface area contributed by atoms with Gasteiger partial charge in [0.05, 0.1) is 0 Å². The Bertz CT molecular complexity index is 356. The summed E-state index contributed by atoms with van der Waals surface area (Å²) in [7, 11) is 0. The topological polar surface area (TPSA) is 37.3 Å². The van der Waals surface area contributed by atoms with Crippen LogP contribution in [0.4, 0.5) is 0 Å². The zero-order valence-electron chi connectivity index (χ0n) is 8.12. The van der Waals surface area contributed by atoms with Crippen LogP contribution in [0.1, 0.15) is 29.5 Å². The Balaban J connectivity index is 2.36. The van der Waals surface area contributed by atoms with Gasteiger partial charge < -0.3 is 9.90 Å². The molecule has 0 saturated heterocycles. The van der Waals surface area contributed by atoms with Crippen molar-refractivity contribution >= 4 is 6.29 Å². The molecule has 74 valence electrons. The number of carbonyl (C=O) groups is 1. The van der Waals surface area contributed by atoms with Crippen molar-refractivity contribution in [3.05, 3.63) is 28.8 Å². The van der Waals surface area contributed by atoms with Gasteiger partial charge in [0.25, 0.3) is 0 Å². The minimum atomic E-state index is 0.354. The van der Waals surface area contributed by atoms with Crippen molar-refractivity contribution in [3.63, 3.8) is 0 Å². The van der Waals surface area contributed by atoms with Gasteiger partial charge in [-0.25, -0.2) is 0 Å². The number of hydrogen-bond acceptors (Lipinski definition) is 2. The molecule has 0 fully saturated rings. The van der Waals surface area contributed by atoms with Gasteiger partial charge in [-0.2, -0.15) is 0 Å². The first-order chi connectivity index (χ1) is 6.83. The van der Waals surface area contributed by atoms with E-state index in [1.165, 1.54) is 17.5 Å². The van der Waals surface area contributed by atoms with Gasteiger partial charge in [-0.1, -0.05) is 6.07 Å². The number of aryl methyl sites for hydroxylation is 1. The van der Waals surface area contributed by atoms with Gasteiger partial charge in [0.15, 0.2) is 0 Å². The lowest BCUT2D eigenvalue weighted by molar-refractivity contribution is -0.107. The second kappa shape index (κ2) is 3.82. The van der Waals surface area contributed by atoms with E-state index in [4.69, 9.17) is 0 Å². The summed E-state index contributed by atoms with van der Waals surface area (Å²) in [4.78, 5) is 10.3. The predicted molar refractivity (Wildman–Crippen MR) is 54.5 cm³/mol. The summed E-state index contributed by atoms with van der Waals surface area (Å²) in [5.41, 5.74) is 3.63. The molecule has 14 heavy (non-hydrogen) atoms. The average molecular weight is 190 g/mol. The van der Waals surface area contributed by atoms with Crippen LogP contribution in [0, 0.1) is 0 Å². The molecule has 0 radical (unpaired) electrons. The fraction of sp³-hybridized carbons (Fsp3) is 0.417. The molecular formula is C12H14O2. The van der Waals surface area contributed by atoms with E-state index in [9.17, 15) is 9.90 Å². The molecule has 2 heteroatoms. The lowest BCUT2D eigenvalue weighted by Gasteiger charge is -2.09. The molecular weight excluding hydrogens is 176 g/mol. The SMILES string of the molecule is O=CCCc1c(O)ccc2c1CCC2. The summed E-state index contributed by atoms with van der Waals surface area (Å²) in [5, 5.41) is 9.69. The van der Waals surface area contributed by atoms with E-state index in [2.05, 4.69) is 0 Å². The third-order valence-corrected chi connectivity index (χ3v) is 2.89. The van der Waals surface area contributed by atoms with Crippen LogP contribution in [-0.4, -0.2) is 11.4 Å². The van der Waals surface area contributed by atoms with Crippen LogP contribution in [0.2, 0.25) is 0 Å². The summed E-state index contributed by atoms with van der Waals surface area (Å²) in [5.74, 6) is 0.354. The minimum absolute atomic E-state index is 0.354. The van der Waals surface area contributed by atoms with E-state index < -0.39 is 0 Å². The Labute approximate surface area is 83.6 Å². The number of hydrogen-bond donors (Lipinski definition) is 1. The van der Waals surface area contributed by atoms with Gasteiger partial charge in [-0.15, -0.1) is 0 Å². The Morgan fingerprint density at radius 1 is 1.36 bits per heavy atom. The van der Waals surface area contributed by atoms with E-state index in [1.807, 2.05) is 6.07 Å². The summed E-state index contributed by atoms with van der Waals surface area (Å²) in [6.45, 7) is 0. The van der Waals surface area contributed by atoms with E-state index in [0.717, 1.165) is 24.7 Å². The quantitative estimate of drug-likeness (QED) is 0.740. The maximum atomic E-state index is 10.3. The average Bonchev–Trinajstić information content (AvgIpc) is 2.64. The number of carbonyl (C=O) groups excluding carboxylic acids is 1. The zero-order valence-corrected chi connectivity index (χ0v) is 8.12. The number of phenols is 1. The van der Waals surface area contributed by atoms with Crippen molar-refractivity contribution in [2.75, 3.05) is 0 Å². The van der Waals surface area contributed by atoms with E-state index in [0.29, 0.717) is 18.6 Å². The van der Waals surface area contributed by atoms with Crippen LogP contribution in [0.3, 0.4) is 0 Å². The first kappa shape index (κ1) is 9.25. The maximum absolute atomic E-state index is 10.3. The van der Waals surface area contributed by atoms with Gasteiger partial charge in [0, 0.05) is 6.42 Å². The molecule has 0 aromatic heterocycles. The first-order valence-electron chi connectivity index (χ1n) is 5.09. The van der Waals surface area contributed by atoms with Crippen molar-refractivity contribution in [2.24, 2.45) is 0 Å². The van der Waals surface area contributed by atoms with E-state index in [1.54, 1.807) is 6.07 Å². The number of benzene rings is 1. The highest BCUT2D eigenvalue weighted by Crippen LogP contribution is 2.31. The fourth-order valence-corrected chi connectivity index (χ4v) is 2.21. The molecule has 1 N–H and O–H groups in total. The van der Waals surface area contributed by atoms with E-state index >= 15 is 0 Å². The fourth-order valence-electron chi connectivity index (χ4n) is 2.21. The predicted octanol–water partition coefficient (Wildman–Crippen LogP) is 2.01. The third-order valence-electron chi connectivity index (χ3n) is 2.89. The molecule has 0 aliphatic heterocycles. The molecule has 0 heterocycles. The molecule has 0 atom stereocenters. The third kappa shape index (κ3) is 1.52. The molecule has 0 spiro atoms. The Hall–Kier alpha value is -1.31. The number of rotatable bonds is 3. The molecule has 0 amide bonds. The molecule has 1 aromatic rings. The second-order valence-electron chi connectivity index (χ2n) is 3.76. The van der Waals surface area contributed by atoms with Crippen LogP contribution in [0.5, 0.6) is 5.75 Å². The molecule has 1 aromatic carbocycles. The highest BCUT2D eigenvalue weighted by Gasteiger charge is 2.16. The van der Waals surface area contributed by atoms with Gasteiger partial charge in [0.2, 0.25) is 0 Å². The molecule has 1 aliphatic carbocycles. The summed E-state index contributed by atoms with van der Waals surface area (Å²) >= 11 is 0. The summed E-state index contributed by atoms with van der Waals surface area (Å²) in [6.07, 6.45) is 5.44. The van der Waals surface area contributed by atoms with E-state index in [-0.39, 0.29) is 0 Å². The van der Waals surface area contributed by atoms with Crippen molar-refractivity contribution in [3.8, 4) is 5.75 Å².